The van der Waals surface area contributed by atoms with Crippen LogP contribution in [0.3, 0.4) is 0 Å². The average molecular weight is 469 g/mol. The van der Waals surface area contributed by atoms with E-state index < -0.39 is 28.9 Å². The van der Waals surface area contributed by atoms with Crippen molar-refractivity contribution in [3.8, 4) is 28.6 Å². The lowest BCUT2D eigenvalue weighted by Gasteiger charge is -2.19. The Morgan fingerprint density at radius 3 is 2.52 bits per heavy atom. The number of phenolic OH excluding ortho intramolecular Hbond substituents is 2. The summed E-state index contributed by atoms with van der Waals surface area (Å²) in [5.74, 6) is -1.79. The molecule has 0 bridgehead atoms. The Balaban J connectivity index is 1.75. The quantitative estimate of drug-likeness (QED) is 0.413. The second-order valence-corrected chi connectivity index (χ2v) is 7.72. The number of para-hydroxylation sites is 1. The molecular formula is C23H18ClFN4O4. The van der Waals surface area contributed by atoms with Crippen molar-refractivity contribution in [1.29, 1.82) is 0 Å². The highest BCUT2D eigenvalue weighted by molar-refractivity contribution is 6.32. The molecule has 10 heteroatoms. The van der Waals surface area contributed by atoms with Gasteiger partial charge in [0.15, 0.2) is 5.82 Å². The number of hydrogen-bond donors (Lipinski definition) is 3. The summed E-state index contributed by atoms with van der Waals surface area (Å²) in [6, 6.07) is 14.5. The van der Waals surface area contributed by atoms with Gasteiger partial charge >= 0.3 is 5.69 Å². The van der Waals surface area contributed by atoms with E-state index in [-0.39, 0.29) is 28.5 Å². The van der Waals surface area contributed by atoms with Crippen molar-refractivity contribution in [2.24, 2.45) is 0 Å². The van der Waals surface area contributed by atoms with E-state index in [1.54, 1.807) is 36.4 Å². The maximum Gasteiger partial charge on any atom is 0.348 e. The number of aromatic hydroxyl groups is 2. The summed E-state index contributed by atoms with van der Waals surface area (Å²) in [5.41, 5.74) is 0.317. The van der Waals surface area contributed by atoms with Crippen molar-refractivity contribution in [3.05, 3.63) is 93.1 Å². The van der Waals surface area contributed by atoms with Gasteiger partial charge < -0.3 is 15.1 Å². The van der Waals surface area contributed by atoms with Gasteiger partial charge in [-0.15, -0.1) is 0 Å². The van der Waals surface area contributed by atoms with E-state index in [1.807, 2.05) is 0 Å². The summed E-state index contributed by atoms with van der Waals surface area (Å²) >= 11 is 6.23. The molecule has 0 spiro atoms. The number of H-pyrrole nitrogens is 1. The van der Waals surface area contributed by atoms with E-state index in [4.69, 9.17) is 11.6 Å². The summed E-state index contributed by atoms with van der Waals surface area (Å²) in [5, 5.41) is 27.4. The molecule has 0 radical (unpaired) electrons. The smallest absolute Gasteiger partial charge is 0.348 e. The van der Waals surface area contributed by atoms with E-state index in [1.165, 1.54) is 30.1 Å². The molecule has 0 unspecified atom stereocenters. The zero-order valence-corrected chi connectivity index (χ0v) is 18.0. The second kappa shape index (κ2) is 8.79. The van der Waals surface area contributed by atoms with Gasteiger partial charge in [-0.3, -0.25) is 4.79 Å². The van der Waals surface area contributed by atoms with Gasteiger partial charge in [0.05, 0.1) is 21.8 Å². The molecule has 4 aromatic rings. The monoisotopic (exact) mass is 468 g/mol. The van der Waals surface area contributed by atoms with Crippen molar-refractivity contribution in [1.82, 2.24) is 19.7 Å². The minimum Gasteiger partial charge on any atom is -0.507 e. The van der Waals surface area contributed by atoms with Gasteiger partial charge in [-0.25, -0.2) is 18.9 Å². The van der Waals surface area contributed by atoms with Crippen LogP contribution in [0.5, 0.6) is 11.5 Å². The Morgan fingerprint density at radius 1 is 1.12 bits per heavy atom. The van der Waals surface area contributed by atoms with Crippen LogP contribution in [0, 0.1) is 5.82 Å². The maximum absolute atomic E-state index is 13.1. The molecule has 1 amide bonds. The summed E-state index contributed by atoms with van der Waals surface area (Å²) in [6.45, 7) is 0.154. The maximum atomic E-state index is 13.1. The highest BCUT2D eigenvalue weighted by atomic mass is 35.5. The number of nitrogens with zero attached hydrogens (tertiary/aromatic N) is 3. The van der Waals surface area contributed by atoms with E-state index in [2.05, 4.69) is 10.2 Å². The van der Waals surface area contributed by atoms with Gasteiger partial charge in [0.2, 0.25) is 0 Å². The summed E-state index contributed by atoms with van der Waals surface area (Å²) in [4.78, 5) is 26.8. The minimum absolute atomic E-state index is 0.000776. The number of carbonyl (C=O) groups is 1. The molecule has 3 aromatic carbocycles. The van der Waals surface area contributed by atoms with E-state index in [0.717, 1.165) is 10.6 Å². The van der Waals surface area contributed by atoms with Crippen LogP contribution in [0.4, 0.5) is 4.39 Å². The molecule has 168 valence electrons. The standard InChI is InChI=1S/C23H18ClFN4O4/c1-28(12-13-6-8-14(25)9-7-13)22(32)16-10-15(19(30)11-20(16)31)21-26-27-23(33)29(21)18-5-3-2-4-17(18)24/h2-11,30-31H,12H2,1H3,(H,27,33). The largest absolute Gasteiger partial charge is 0.507 e. The van der Waals surface area contributed by atoms with Crippen LogP contribution < -0.4 is 5.69 Å². The fourth-order valence-corrected chi connectivity index (χ4v) is 3.62. The number of phenols is 2. The molecule has 33 heavy (non-hydrogen) atoms. The number of nitrogens with one attached hydrogen (secondary N) is 1. The third-order valence-corrected chi connectivity index (χ3v) is 5.35. The Labute approximate surface area is 192 Å². The minimum atomic E-state index is -0.605. The van der Waals surface area contributed by atoms with Crippen molar-refractivity contribution >= 4 is 17.5 Å². The fraction of sp³-hybridized carbons (Fsp3) is 0.0870. The van der Waals surface area contributed by atoms with E-state index >= 15 is 0 Å². The summed E-state index contributed by atoms with van der Waals surface area (Å²) in [6.07, 6.45) is 0. The Morgan fingerprint density at radius 2 is 1.82 bits per heavy atom. The molecule has 0 aliphatic heterocycles. The summed E-state index contributed by atoms with van der Waals surface area (Å²) in [7, 11) is 1.52. The van der Waals surface area contributed by atoms with Gasteiger partial charge in [0, 0.05) is 19.7 Å². The second-order valence-electron chi connectivity index (χ2n) is 7.31. The molecule has 0 aliphatic rings. The molecule has 0 atom stereocenters. The van der Waals surface area contributed by atoms with Gasteiger partial charge in [0.25, 0.3) is 5.91 Å². The first kappa shape index (κ1) is 22.1. The van der Waals surface area contributed by atoms with Crippen LogP contribution in [0.2, 0.25) is 5.02 Å². The van der Waals surface area contributed by atoms with Gasteiger partial charge in [-0.1, -0.05) is 35.9 Å². The van der Waals surface area contributed by atoms with Crippen molar-refractivity contribution in [2.45, 2.75) is 6.54 Å². The number of carbonyl (C=O) groups excluding carboxylic acids is 1. The number of rotatable bonds is 5. The molecule has 3 N–H and O–H groups in total. The third kappa shape index (κ3) is 4.31. The Hall–Kier alpha value is -4.11. The van der Waals surface area contributed by atoms with Crippen LogP contribution in [0.15, 0.2) is 65.5 Å². The number of hydrogen-bond acceptors (Lipinski definition) is 5. The first-order valence-corrected chi connectivity index (χ1v) is 10.1. The van der Waals surface area contributed by atoms with Crippen LogP contribution in [0.1, 0.15) is 15.9 Å². The third-order valence-electron chi connectivity index (χ3n) is 5.03. The van der Waals surface area contributed by atoms with Gasteiger partial charge in [0.1, 0.15) is 17.3 Å². The molecule has 0 fully saturated rings. The highest BCUT2D eigenvalue weighted by Gasteiger charge is 2.23. The topological polar surface area (TPSA) is 111 Å². The SMILES string of the molecule is CN(Cc1ccc(F)cc1)C(=O)c1cc(-c2n[nH]c(=O)n2-c2ccccc2Cl)c(O)cc1O. The zero-order valence-electron chi connectivity index (χ0n) is 17.3. The lowest BCUT2D eigenvalue weighted by molar-refractivity contribution is 0.0782. The summed E-state index contributed by atoms with van der Waals surface area (Å²) < 4.78 is 14.3. The van der Waals surface area contributed by atoms with Crippen LogP contribution in [-0.4, -0.2) is 42.8 Å². The zero-order chi connectivity index (χ0) is 23.7. The molecule has 0 aliphatic carbocycles. The van der Waals surface area contributed by atoms with E-state index in [0.29, 0.717) is 11.3 Å². The number of amides is 1. The first-order chi connectivity index (χ1) is 15.8. The lowest BCUT2D eigenvalue weighted by atomic mass is 10.1. The number of halogens is 2. The van der Waals surface area contributed by atoms with Crippen LogP contribution in [-0.2, 0) is 6.54 Å². The molecular weight excluding hydrogens is 451 g/mol. The Bertz CT molecular complexity index is 1400. The molecule has 1 heterocycles. The molecule has 8 nitrogen and oxygen atoms in total. The van der Waals surface area contributed by atoms with Crippen molar-refractivity contribution < 1.29 is 19.4 Å². The average Bonchev–Trinajstić information content (AvgIpc) is 3.16. The number of benzene rings is 3. The van der Waals surface area contributed by atoms with E-state index in [9.17, 15) is 24.2 Å². The van der Waals surface area contributed by atoms with Gasteiger partial charge in [-0.2, -0.15) is 5.10 Å². The molecule has 4 rings (SSSR count). The number of aromatic amines is 1. The van der Waals surface area contributed by atoms with Crippen molar-refractivity contribution in [3.63, 3.8) is 0 Å². The van der Waals surface area contributed by atoms with Crippen LogP contribution in [0.25, 0.3) is 17.1 Å². The molecule has 0 saturated carbocycles. The van der Waals surface area contributed by atoms with Crippen molar-refractivity contribution in [2.75, 3.05) is 7.05 Å². The highest BCUT2D eigenvalue weighted by Crippen LogP contribution is 2.35. The Kier molecular flexibility index (Phi) is 5.89. The first-order valence-electron chi connectivity index (χ1n) is 9.75. The van der Waals surface area contributed by atoms with Gasteiger partial charge in [-0.05, 0) is 35.9 Å². The predicted molar refractivity (Wildman–Crippen MR) is 120 cm³/mol. The molecule has 0 saturated heterocycles. The van der Waals surface area contributed by atoms with Crippen LogP contribution >= 0.6 is 11.6 Å². The normalized spacial score (nSPS) is 10.9. The fourth-order valence-electron chi connectivity index (χ4n) is 3.40. The molecule has 1 aromatic heterocycles. The lowest BCUT2D eigenvalue weighted by Crippen LogP contribution is -2.26. The number of aromatic nitrogens is 3. The predicted octanol–water partition coefficient (Wildman–Crippen LogP) is 3.70.